The highest BCUT2D eigenvalue weighted by atomic mass is 32.2. The fourth-order valence-corrected chi connectivity index (χ4v) is 4.13. The van der Waals surface area contributed by atoms with Gasteiger partial charge in [0.2, 0.25) is 15.9 Å². The van der Waals surface area contributed by atoms with E-state index in [2.05, 4.69) is 10.6 Å². The minimum absolute atomic E-state index is 0.183. The first-order chi connectivity index (χ1) is 10.7. The largest absolute Gasteiger partial charge is 0.335 e. The predicted octanol–water partition coefficient (Wildman–Crippen LogP) is -0.281. The van der Waals surface area contributed by atoms with Gasteiger partial charge in [-0.2, -0.15) is 0 Å². The van der Waals surface area contributed by atoms with Gasteiger partial charge < -0.3 is 5.32 Å². The third-order valence-corrected chi connectivity index (χ3v) is 6.66. The smallest absolute Gasteiger partial charge is 0.321 e. The summed E-state index contributed by atoms with van der Waals surface area (Å²) >= 11 is 0. The number of piperidine rings is 1. The molecular formula is C14H26N4O4S. The summed E-state index contributed by atoms with van der Waals surface area (Å²) in [6.45, 7) is 2.65. The molecule has 2 atom stereocenters. The van der Waals surface area contributed by atoms with Gasteiger partial charge in [0, 0.05) is 26.7 Å². The lowest BCUT2D eigenvalue weighted by atomic mass is 10.1. The van der Waals surface area contributed by atoms with Crippen LogP contribution in [0.25, 0.3) is 0 Å². The van der Waals surface area contributed by atoms with E-state index in [9.17, 15) is 18.0 Å². The SMILES string of the molecule is CC(C(=O)NC(=O)NC1CC1)N1CCCC(S(=O)(=O)N(C)C)C1. The van der Waals surface area contributed by atoms with E-state index in [-0.39, 0.29) is 6.04 Å². The summed E-state index contributed by atoms with van der Waals surface area (Å²) in [5.74, 6) is -0.397. The Labute approximate surface area is 137 Å². The van der Waals surface area contributed by atoms with Gasteiger partial charge in [-0.05, 0) is 39.2 Å². The van der Waals surface area contributed by atoms with Crippen molar-refractivity contribution < 1.29 is 18.0 Å². The average molecular weight is 346 g/mol. The molecule has 132 valence electrons. The highest BCUT2D eigenvalue weighted by molar-refractivity contribution is 7.89. The highest BCUT2D eigenvalue weighted by Crippen LogP contribution is 2.21. The van der Waals surface area contributed by atoms with E-state index >= 15 is 0 Å². The molecule has 0 bridgehead atoms. The molecule has 0 aromatic rings. The number of nitrogens with one attached hydrogen (secondary N) is 2. The normalized spacial score (nSPS) is 24.3. The van der Waals surface area contributed by atoms with Crippen LogP contribution in [0.2, 0.25) is 0 Å². The predicted molar refractivity (Wildman–Crippen MR) is 86.4 cm³/mol. The molecule has 1 aliphatic carbocycles. The zero-order chi connectivity index (χ0) is 17.2. The first-order valence-electron chi connectivity index (χ1n) is 7.98. The lowest BCUT2D eigenvalue weighted by Crippen LogP contribution is -2.54. The number of amides is 3. The lowest BCUT2D eigenvalue weighted by molar-refractivity contribution is -0.125. The van der Waals surface area contributed by atoms with Crippen molar-refractivity contribution in [2.24, 2.45) is 0 Å². The van der Waals surface area contributed by atoms with Crippen molar-refractivity contribution in [1.29, 1.82) is 0 Å². The number of carbonyl (C=O) groups is 2. The van der Waals surface area contributed by atoms with Crippen molar-refractivity contribution in [3.05, 3.63) is 0 Å². The van der Waals surface area contributed by atoms with Gasteiger partial charge in [-0.15, -0.1) is 0 Å². The maximum Gasteiger partial charge on any atom is 0.321 e. The number of rotatable bonds is 5. The van der Waals surface area contributed by atoms with E-state index in [1.165, 1.54) is 18.4 Å². The molecule has 1 aliphatic heterocycles. The molecule has 8 nitrogen and oxygen atoms in total. The lowest BCUT2D eigenvalue weighted by Gasteiger charge is -2.36. The van der Waals surface area contributed by atoms with Gasteiger partial charge in [0.1, 0.15) is 0 Å². The molecule has 0 aromatic carbocycles. The number of carbonyl (C=O) groups excluding carboxylic acids is 2. The van der Waals surface area contributed by atoms with Gasteiger partial charge >= 0.3 is 6.03 Å². The number of nitrogens with zero attached hydrogens (tertiary/aromatic N) is 2. The molecule has 1 saturated carbocycles. The summed E-state index contributed by atoms with van der Waals surface area (Å²) in [5, 5.41) is 4.52. The molecule has 2 unspecified atom stereocenters. The summed E-state index contributed by atoms with van der Waals surface area (Å²) in [6.07, 6.45) is 3.21. The number of likely N-dealkylation sites (tertiary alicyclic amines) is 1. The molecule has 23 heavy (non-hydrogen) atoms. The van der Waals surface area contributed by atoms with Crippen LogP contribution in [-0.4, -0.2) is 74.1 Å². The Hall–Kier alpha value is -1.19. The van der Waals surface area contributed by atoms with Gasteiger partial charge in [0.25, 0.3) is 0 Å². The molecule has 0 aromatic heterocycles. The van der Waals surface area contributed by atoms with Crippen LogP contribution in [0.5, 0.6) is 0 Å². The summed E-state index contributed by atoms with van der Waals surface area (Å²) in [4.78, 5) is 25.6. The molecule has 1 heterocycles. The van der Waals surface area contributed by atoms with Gasteiger partial charge in [-0.25, -0.2) is 17.5 Å². The Morgan fingerprint density at radius 3 is 2.43 bits per heavy atom. The molecule has 0 spiro atoms. The summed E-state index contributed by atoms with van der Waals surface area (Å²) in [5.41, 5.74) is 0. The van der Waals surface area contributed by atoms with Gasteiger partial charge in [-0.1, -0.05) is 0 Å². The Bertz CT molecular complexity index is 559. The second-order valence-electron chi connectivity index (χ2n) is 6.50. The molecule has 2 N–H and O–H groups in total. The minimum atomic E-state index is -3.34. The topological polar surface area (TPSA) is 98.8 Å². The first kappa shape index (κ1) is 18.2. The van der Waals surface area contributed by atoms with Crippen molar-refractivity contribution >= 4 is 22.0 Å². The second kappa shape index (κ2) is 7.14. The Morgan fingerprint density at radius 1 is 1.22 bits per heavy atom. The third kappa shape index (κ3) is 4.65. The van der Waals surface area contributed by atoms with E-state index in [4.69, 9.17) is 0 Å². The van der Waals surface area contributed by atoms with Gasteiger partial charge in [0.15, 0.2) is 0 Å². The number of hydrogen-bond donors (Lipinski definition) is 2. The molecule has 1 saturated heterocycles. The van der Waals surface area contributed by atoms with Crippen molar-refractivity contribution in [3.63, 3.8) is 0 Å². The molecule has 3 amide bonds. The fraction of sp³-hybridized carbons (Fsp3) is 0.857. The van der Waals surface area contributed by atoms with E-state index in [1.54, 1.807) is 6.92 Å². The van der Waals surface area contributed by atoms with Crippen LogP contribution < -0.4 is 10.6 Å². The molecule has 2 aliphatic rings. The summed E-state index contributed by atoms with van der Waals surface area (Å²) < 4.78 is 25.8. The third-order valence-electron chi connectivity index (χ3n) is 4.42. The Balaban J connectivity index is 1.91. The number of imide groups is 1. The van der Waals surface area contributed by atoms with Crippen LogP contribution >= 0.6 is 0 Å². The highest BCUT2D eigenvalue weighted by Gasteiger charge is 2.35. The Morgan fingerprint density at radius 2 is 1.87 bits per heavy atom. The zero-order valence-electron chi connectivity index (χ0n) is 13.9. The monoisotopic (exact) mass is 346 g/mol. The first-order valence-corrected chi connectivity index (χ1v) is 9.49. The second-order valence-corrected chi connectivity index (χ2v) is 8.93. The molecule has 0 radical (unpaired) electrons. The van der Waals surface area contributed by atoms with Crippen molar-refractivity contribution in [1.82, 2.24) is 19.8 Å². The number of sulfonamides is 1. The van der Waals surface area contributed by atoms with Crippen LogP contribution in [0, 0.1) is 0 Å². The van der Waals surface area contributed by atoms with Crippen LogP contribution in [0.15, 0.2) is 0 Å². The van der Waals surface area contributed by atoms with E-state index in [0.29, 0.717) is 25.9 Å². The van der Waals surface area contributed by atoms with Crippen molar-refractivity contribution in [3.8, 4) is 0 Å². The van der Waals surface area contributed by atoms with Crippen LogP contribution in [0.1, 0.15) is 32.6 Å². The van der Waals surface area contributed by atoms with Crippen LogP contribution in [0.3, 0.4) is 0 Å². The van der Waals surface area contributed by atoms with E-state index < -0.39 is 33.3 Å². The number of hydrogen-bond acceptors (Lipinski definition) is 5. The maximum absolute atomic E-state index is 12.3. The van der Waals surface area contributed by atoms with Crippen molar-refractivity contribution in [2.45, 2.75) is 49.9 Å². The average Bonchev–Trinajstić information content (AvgIpc) is 3.30. The molecule has 9 heteroatoms. The fourth-order valence-electron chi connectivity index (χ4n) is 2.69. The standard InChI is InChI=1S/C14H26N4O4S/c1-10(13(19)16-14(20)15-11-6-7-11)18-8-4-5-12(9-18)23(21,22)17(2)3/h10-12H,4-9H2,1-3H3,(H2,15,16,19,20). The minimum Gasteiger partial charge on any atom is -0.335 e. The van der Waals surface area contributed by atoms with Crippen LogP contribution in [0.4, 0.5) is 4.79 Å². The molecule has 2 rings (SSSR count). The Kier molecular flexibility index (Phi) is 5.64. The zero-order valence-corrected chi connectivity index (χ0v) is 14.7. The quantitative estimate of drug-likeness (QED) is 0.713. The van der Waals surface area contributed by atoms with Crippen LogP contribution in [-0.2, 0) is 14.8 Å². The molecule has 2 fully saturated rings. The summed E-state index contributed by atoms with van der Waals surface area (Å²) in [7, 11) is -0.301. The van der Waals surface area contributed by atoms with Crippen molar-refractivity contribution in [2.75, 3.05) is 27.2 Å². The summed E-state index contributed by atoms with van der Waals surface area (Å²) in [6, 6.07) is -0.832. The maximum atomic E-state index is 12.3. The van der Waals surface area contributed by atoms with E-state index in [1.807, 2.05) is 4.90 Å². The number of urea groups is 1. The van der Waals surface area contributed by atoms with Gasteiger partial charge in [-0.3, -0.25) is 15.0 Å². The molecular weight excluding hydrogens is 320 g/mol. The van der Waals surface area contributed by atoms with E-state index in [0.717, 1.165) is 12.8 Å². The van der Waals surface area contributed by atoms with Gasteiger partial charge in [0.05, 0.1) is 11.3 Å².